The molecule has 152 valence electrons. The van der Waals surface area contributed by atoms with Gasteiger partial charge in [0.1, 0.15) is 0 Å². The molecule has 1 heterocycles. The first-order valence-corrected chi connectivity index (χ1v) is 9.88. The van der Waals surface area contributed by atoms with E-state index in [1.165, 1.54) is 6.07 Å². The van der Waals surface area contributed by atoms with Crippen molar-refractivity contribution in [3.8, 4) is 0 Å². The zero-order chi connectivity index (χ0) is 20.8. The van der Waals surface area contributed by atoms with Crippen molar-refractivity contribution in [2.45, 2.75) is 12.8 Å². The number of carbonyl (C=O) groups excluding carboxylic acids is 3. The number of hydrogen-bond donors (Lipinski definition) is 3. The third-order valence-electron chi connectivity index (χ3n) is 4.37. The van der Waals surface area contributed by atoms with Gasteiger partial charge in [-0.05, 0) is 42.8 Å². The summed E-state index contributed by atoms with van der Waals surface area (Å²) in [6.45, 7) is 1.17. The summed E-state index contributed by atoms with van der Waals surface area (Å²) in [6.07, 6.45) is 1.39. The Morgan fingerprint density at radius 1 is 1.00 bits per heavy atom. The summed E-state index contributed by atoms with van der Waals surface area (Å²) in [7, 11) is 0. The van der Waals surface area contributed by atoms with E-state index in [4.69, 9.17) is 23.2 Å². The average molecular weight is 435 g/mol. The topological polar surface area (TPSA) is 90.5 Å². The molecule has 0 aromatic heterocycles. The molecule has 3 rings (SSSR count). The van der Waals surface area contributed by atoms with Gasteiger partial charge in [-0.2, -0.15) is 0 Å². The number of urea groups is 1. The Morgan fingerprint density at radius 2 is 1.79 bits per heavy atom. The summed E-state index contributed by atoms with van der Waals surface area (Å²) in [6, 6.07) is 11.3. The van der Waals surface area contributed by atoms with Gasteiger partial charge in [0.05, 0.1) is 10.0 Å². The molecule has 0 atom stereocenters. The lowest BCUT2D eigenvalue weighted by Gasteiger charge is -2.17. The van der Waals surface area contributed by atoms with Crippen molar-refractivity contribution in [1.82, 2.24) is 10.6 Å². The van der Waals surface area contributed by atoms with E-state index in [-0.39, 0.29) is 24.9 Å². The third kappa shape index (κ3) is 5.62. The second-order valence-corrected chi connectivity index (χ2v) is 7.28. The predicted octanol–water partition coefficient (Wildman–Crippen LogP) is 3.67. The van der Waals surface area contributed by atoms with Gasteiger partial charge < -0.3 is 20.9 Å². The van der Waals surface area contributed by atoms with Crippen molar-refractivity contribution in [2.24, 2.45) is 0 Å². The Labute approximate surface area is 178 Å². The maximum absolute atomic E-state index is 12.1. The molecule has 0 radical (unpaired) electrons. The number of hydrogen-bond acceptors (Lipinski definition) is 3. The molecule has 4 amide bonds. The SMILES string of the molecule is O=C(NCCNC(=O)c1ccc(Cl)c(Cl)c1)Nc1cccc(N2CCCC2=O)c1. The minimum absolute atomic E-state index is 0.0873. The fraction of sp³-hybridized carbons (Fsp3) is 0.250. The molecule has 1 aliphatic heterocycles. The highest BCUT2D eigenvalue weighted by molar-refractivity contribution is 6.42. The van der Waals surface area contributed by atoms with Gasteiger partial charge in [-0.1, -0.05) is 29.3 Å². The van der Waals surface area contributed by atoms with Crippen LogP contribution in [-0.4, -0.2) is 37.5 Å². The van der Waals surface area contributed by atoms with Gasteiger partial charge in [0, 0.05) is 43.0 Å². The molecule has 0 bridgehead atoms. The van der Waals surface area contributed by atoms with Gasteiger partial charge in [0.15, 0.2) is 0 Å². The zero-order valence-corrected chi connectivity index (χ0v) is 17.0. The first-order chi connectivity index (χ1) is 13.9. The second-order valence-electron chi connectivity index (χ2n) is 6.46. The van der Waals surface area contributed by atoms with Gasteiger partial charge in [-0.15, -0.1) is 0 Å². The fourth-order valence-corrected chi connectivity index (χ4v) is 3.24. The summed E-state index contributed by atoms with van der Waals surface area (Å²) in [5, 5.41) is 8.75. The summed E-state index contributed by atoms with van der Waals surface area (Å²) in [4.78, 5) is 37.7. The summed E-state index contributed by atoms with van der Waals surface area (Å²) in [5.74, 6) is -0.224. The lowest BCUT2D eigenvalue weighted by atomic mass is 10.2. The van der Waals surface area contributed by atoms with Crippen LogP contribution in [0.4, 0.5) is 16.2 Å². The van der Waals surface area contributed by atoms with Crippen molar-refractivity contribution in [3.05, 3.63) is 58.1 Å². The van der Waals surface area contributed by atoms with Crippen LogP contribution in [0.15, 0.2) is 42.5 Å². The molecule has 1 aliphatic rings. The van der Waals surface area contributed by atoms with E-state index >= 15 is 0 Å². The monoisotopic (exact) mass is 434 g/mol. The van der Waals surface area contributed by atoms with E-state index in [2.05, 4.69) is 16.0 Å². The quantitative estimate of drug-likeness (QED) is 0.605. The maximum Gasteiger partial charge on any atom is 0.319 e. The molecule has 3 N–H and O–H groups in total. The van der Waals surface area contributed by atoms with Crippen LogP contribution >= 0.6 is 23.2 Å². The van der Waals surface area contributed by atoms with Crippen LogP contribution in [0.1, 0.15) is 23.2 Å². The molecule has 0 spiro atoms. The molecule has 9 heteroatoms. The van der Waals surface area contributed by atoms with Crippen molar-refractivity contribution in [2.75, 3.05) is 29.9 Å². The van der Waals surface area contributed by atoms with E-state index in [1.54, 1.807) is 35.2 Å². The van der Waals surface area contributed by atoms with Crippen LogP contribution in [0.25, 0.3) is 0 Å². The van der Waals surface area contributed by atoms with Gasteiger partial charge >= 0.3 is 6.03 Å². The molecule has 2 aromatic rings. The Morgan fingerprint density at radius 3 is 2.52 bits per heavy atom. The Balaban J connectivity index is 1.44. The first-order valence-electron chi connectivity index (χ1n) is 9.12. The number of anilines is 2. The second kappa shape index (κ2) is 9.62. The van der Waals surface area contributed by atoms with Gasteiger partial charge in [0.2, 0.25) is 5.91 Å². The lowest BCUT2D eigenvalue weighted by Crippen LogP contribution is -2.36. The highest BCUT2D eigenvalue weighted by Gasteiger charge is 2.21. The molecule has 0 aliphatic carbocycles. The molecule has 2 aromatic carbocycles. The van der Waals surface area contributed by atoms with Crippen LogP contribution in [0.2, 0.25) is 10.0 Å². The number of nitrogens with one attached hydrogen (secondary N) is 3. The number of rotatable bonds is 6. The van der Waals surface area contributed by atoms with Crippen molar-refractivity contribution < 1.29 is 14.4 Å². The molecule has 0 unspecified atom stereocenters. The van der Waals surface area contributed by atoms with E-state index in [1.807, 2.05) is 6.07 Å². The van der Waals surface area contributed by atoms with Crippen LogP contribution in [0.3, 0.4) is 0 Å². The first kappa shape index (κ1) is 21.0. The zero-order valence-electron chi connectivity index (χ0n) is 15.5. The van der Waals surface area contributed by atoms with Gasteiger partial charge in [0.25, 0.3) is 5.91 Å². The Bertz CT molecular complexity index is 936. The van der Waals surface area contributed by atoms with E-state index in [0.717, 1.165) is 12.1 Å². The lowest BCUT2D eigenvalue weighted by molar-refractivity contribution is -0.117. The Hall–Kier alpha value is -2.77. The van der Waals surface area contributed by atoms with E-state index in [0.29, 0.717) is 34.3 Å². The number of amides is 4. The molecule has 0 saturated carbocycles. The fourth-order valence-electron chi connectivity index (χ4n) is 2.94. The highest BCUT2D eigenvalue weighted by atomic mass is 35.5. The number of halogens is 2. The molecule has 1 fully saturated rings. The minimum atomic E-state index is -0.404. The van der Waals surface area contributed by atoms with Crippen LogP contribution in [-0.2, 0) is 4.79 Å². The third-order valence-corrected chi connectivity index (χ3v) is 5.11. The Kier molecular flexibility index (Phi) is 6.95. The number of benzene rings is 2. The highest BCUT2D eigenvalue weighted by Crippen LogP contribution is 2.24. The van der Waals surface area contributed by atoms with Crippen LogP contribution < -0.4 is 20.9 Å². The van der Waals surface area contributed by atoms with Crippen molar-refractivity contribution in [1.29, 1.82) is 0 Å². The summed E-state index contributed by atoms with van der Waals surface area (Å²) < 4.78 is 0. The molecule has 7 nitrogen and oxygen atoms in total. The average Bonchev–Trinajstić information content (AvgIpc) is 3.13. The van der Waals surface area contributed by atoms with Gasteiger partial charge in [-0.3, -0.25) is 9.59 Å². The predicted molar refractivity (Wildman–Crippen MR) is 114 cm³/mol. The number of carbonyl (C=O) groups is 3. The maximum atomic E-state index is 12.1. The van der Waals surface area contributed by atoms with Crippen molar-refractivity contribution in [3.63, 3.8) is 0 Å². The summed E-state index contributed by atoms with van der Waals surface area (Å²) >= 11 is 11.7. The van der Waals surface area contributed by atoms with Crippen LogP contribution in [0.5, 0.6) is 0 Å². The summed E-state index contributed by atoms with van der Waals surface area (Å²) in [5.41, 5.74) is 1.73. The standard InChI is InChI=1S/C20H20Cl2N4O3/c21-16-7-6-13(11-17(16)22)19(28)23-8-9-24-20(29)25-14-3-1-4-15(12-14)26-10-2-5-18(26)27/h1,3-4,6-7,11-12H,2,5,8-10H2,(H,23,28)(H2,24,25,29). The smallest absolute Gasteiger partial charge is 0.319 e. The minimum Gasteiger partial charge on any atom is -0.350 e. The molecule has 29 heavy (non-hydrogen) atoms. The number of nitrogens with zero attached hydrogens (tertiary/aromatic N) is 1. The largest absolute Gasteiger partial charge is 0.350 e. The van der Waals surface area contributed by atoms with Crippen molar-refractivity contribution >= 4 is 52.4 Å². The normalized spacial score (nSPS) is 13.3. The molecular formula is C20H20Cl2N4O3. The van der Waals surface area contributed by atoms with Gasteiger partial charge in [-0.25, -0.2) is 4.79 Å². The van der Waals surface area contributed by atoms with E-state index < -0.39 is 6.03 Å². The molecular weight excluding hydrogens is 415 g/mol. The van der Waals surface area contributed by atoms with Crippen LogP contribution in [0, 0.1) is 0 Å². The van der Waals surface area contributed by atoms with E-state index in [9.17, 15) is 14.4 Å². The molecule has 1 saturated heterocycles.